The zero-order valence-electron chi connectivity index (χ0n) is 19.5. The average molecular weight is 537 g/mol. The Bertz CT molecular complexity index is 1370. The number of thiazole rings is 1. The molecule has 0 aliphatic rings. The minimum atomic E-state index is -0.308. The molecule has 0 spiro atoms. The number of hydrogen-bond donors (Lipinski definition) is 3. The summed E-state index contributed by atoms with van der Waals surface area (Å²) in [5.74, 6) is -0.191. The molecular weight excluding hydrogens is 512 g/mol. The van der Waals surface area contributed by atoms with Gasteiger partial charge in [-0.1, -0.05) is 60.1 Å². The molecule has 0 amide bonds. The lowest BCUT2D eigenvalue weighted by molar-refractivity contribution is 0.0526. The van der Waals surface area contributed by atoms with E-state index in [9.17, 15) is 9.90 Å². The van der Waals surface area contributed by atoms with Crippen LogP contribution >= 0.6 is 35.6 Å². The Morgan fingerprint density at radius 3 is 2.28 bits per heavy atom. The normalized spacial score (nSPS) is 9.97. The van der Waals surface area contributed by atoms with Crippen LogP contribution in [0.25, 0.3) is 21.3 Å². The van der Waals surface area contributed by atoms with Crippen LogP contribution in [0.4, 0.5) is 5.69 Å². The molecule has 5 aromatic rings. The summed E-state index contributed by atoms with van der Waals surface area (Å²) in [4.78, 5) is 15.3. The number of nitrogens with zero attached hydrogens (tertiary/aromatic N) is 1. The van der Waals surface area contributed by atoms with Gasteiger partial charge >= 0.3 is 5.97 Å². The lowest BCUT2D eigenvalue weighted by atomic mass is 10.1. The molecular formula is C28H25ClN2O3S2. The van der Waals surface area contributed by atoms with Gasteiger partial charge in [-0.2, -0.15) is 0 Å². The number of esters is 1. The van der Waals surface area contributed by atoms with Crippen LogP contribution in [-0.4, -0.2) is 22.7 Å². The summed E-state index contributed by atoms with van der Waals surface area (Å²) in [5, 5.41) is 9.64. The van der Waals surface area contributed by atoms with Gasteiger partial charge in [0, 0.05) is 5.69 Å². The maximum absolute atomic E-state index is 11.1. The lowest BCUT2D eigenvalue weighted by Gasteiger charge is -2.02. The highest BCUT2D eigenvalue weighted by Gasteiger charge is 2.04. The summed E-state index contributed by atoms with van der Waals surface area (Å²) < 4.78 is 6.82. The fraction of sp³-hybridized carbons (Fsp3) is 0.0714. The number of carbonyl (C=O) groups excluding carboxylic acids is 1. The van der Waals surface area contributed by atoms with Crippen LogP contribution in [0, 0.1) is 0 Å². The molecule has 1 heterocycles. The number of halogens is 1. The van der Waals surface area contributed by atoms with Crippen molar-refractivity contribution in [1.29, 1.82) is 0 Å². The number of benzene rings is 4. The number of nitrogens with two attached hydrogens (primary N) is 1. The smallest absolute Gasteiger partial charge is 0.338 e. The molecule has 5 rings (SSSR count). The number of anilines is 1. The predicted octanol–water partition coefficient (Wildman–Crippen LogP) is 7.74. The number of para-hydroxylation sites is 1. The molecule has 0 unspecified atom stereocenters. The van der Waals surface area contributed by atoms with Crippen LogP contribution in [0.3, 0.4) is 0 Å². The van der Waals surface area contributed by atoms with Gasteiger partial charge < -0.3 is 15.6 Å². The van der Waals surface area contributed by atoms with Crippen molar-refractivity contribution in [2.75, 3.05) is 12.3 Å². The number of hydrogen-bond acceptors (Lipinski definition) is 7. The van der Waals surface area contributed by atoms with Crippen LogP contribution in [0.5, 0.6) is 5.75 Å². The first-order valence-electron chi connectivity index (χ1n) is 11.0. The molecule has 0 saturated carbocycles. The molecule has 36 heavy (non-hydrogen) atoms. The highest BCUT2D eigenvalue weighted by Crippen LogP contribution is 2.29. The average Bonchev–Trinajstić information content (AvgIpc) is 3.28. The monoisotopic (exact) mass is 536 g/mol. The second-order valence-electron chi connectivity index (χ2n) is 7.34. The van der Waals surface area contributed by atoms with E-state index in [1.807, 2.05) is 60.7 Å². The van der Waals surface area contributed by atoms with Gasteiger partial charge in [-0.3, -0.25) is 0 Å². The number of carbonyl (C=O) groups is 1. The first-order chi connectivity index (χ1) is 17.4. The van der Waals surface area contributed by atoms with Crippen LogP contribution in [0.15, 0.2) is 101 Å². The molecule has 5 nitrogen and oxygen atoms in total. The third-order valence-corrected chi connectivity index (χ3v) is 6.27. The van der Waals surface area contributed by atoms with Gasteiger partial charge in [-0.05, 0) is 66.6 Å². The van der Waals surface area contributed by atoms with E-state index in [2.05, 4.69) is 17.6 Å². The number of phenolic OH excluding ortho intramolecular Hbond substituents is 1. The van der Waals surface area contributed by atoms with Crippen LogP contribution < -0.4 is 5.73 Å². The van der Waals surface area contributed by atoms with Crippen molar-refractivity contribution in [3.63, 3.8) is 0 Å². The Labute approximate surface area is 224 Å². The van der Waals surface area contributed by atoms with Crippen molar-refractivity contribution in [1.82, 2.24) is 4.98 Å². The molecule has 0 aliphatic carbocycles. The zero-order chi connectivity index (χ0) is 25.9. The van der Waals surface area contributed by atoms with Crippen LogP contribution in [-0.2, 0) is 4.74 Å². The Hall–Kier alpha value is -3.52. The van der Waals surface area contributed by atoms with E-state index in [-0.39, 0.29) is 11.7 Å². The van der Waals surface area contributed by atoms with Crippen molar-refractivity contribution in [2.45, 2.75) is 11.3 Å². The molecule has 1 aromatic heterocycles. The second-order valence-corrected chi connectivity index (χ2v) is 9.50. The van der Waals surface area contributed by atoms with E-state index in [1.165, 1.54) is 4.70 Å². The summed E-state index contributed by atoms with van der Waals surface area (Å²) in [6, 6.07) is 29.8. The quantitative estimate of drug-likeness (QED) is 0.125. The molecule has 0 saturated heterocycles. The maximum Gasteiger partial charge on any atom is 0.338 e. The number of aromatic hydroxyl groups is 1. The topological polar surface area (TPSA) is 85.4 Å². The molecule has 4 aromatic carbocycles. The summed E-state index contributed by atoms with van der Waals surface area (Å²) in [7, 11) is 0. The SMILES string of the molecule is CCOC(=O)c1ccc(N)cc1.Oc1ccc(-c2ccccc2)cc1Cl.Sc1nc2ccccc2s1. The summed E-state index contributed by atoms with van der Waals surface area (Å²) in [6.45, 7) is 2.17. The van der Waals surface area contributed by atoms with Gasteiger partial charge in [-0.25, -0.2) is 9.78 Å². The number of rotatable bonds is 3. The number of nitrogen functional groups attached to an aromatic ring is 1. The Morgan fingerprint density at radius 1 is 0.972 bits per heavy atom. The van der Waals surface area contributed by atoms with E-state index >= 15 is 0 Å². The van der Waals surface area contributed by atoms with E-state index in [0.717, 1.165) is 21.0 Å². The van der Waals surface area contributed by atoms with Gasteiger partial charge in [0.1, 0.15) is 10.1 Å². The highest BCUT2D eigenvalue weighted by molar-refractivity contribution is 7.82. The second kappa shape index (κ2) is 13.5. The molecule has 0 fully saturated rings. The summed E-state index contributed by atoms with van der Waals surface area (Å²) in [5.41, 5.74) is 9.76. The molecule has 0 atom stereocenters. The van der Waals surface area contributed by atoms with Gasteiger partial charge in [-0.15, -0.1) is 24.0 Å². The maximum atomic E-state index is 11.1. The first kappa shape index (κ1) is 27.1. The standard InChI is InChI=1S/C12H9ClO.C9H11NO2.C7H5NS2/c13-11-8-10(6-7-12(11)14)9-4-2-1-3-5-9;1-2-12-9(11)7-3-5-8(10)6-4-7;9-7-8-5-3-1-2-4-6(5)10-7/h1-8,14H;3-6H,2,10H2,1H3;1-4H,(H,8,9). The van der Waals surface area contributed by atoms with E-state index < -0.39 is 0 Å². The Balaban J connectivity index is 0.000000152. The Kier molecular flexibility index (Phi) is 10.2. The summed E-state index contributed by atoms with van der Waals surface area (Å²) in [6.07, 6.45) is 0. The third-order valence-electron chi connectivity index (χ3n) is 4.76. The van der Waals surface area contributed by atoms with Gasteiger partial charge in [0.2, 0.25) is 0 Å². The minimum absolute atomic E-state index is 0.117. The number of phenols is 1. The fourth-order valence-corrected chi connectivity index (χ4v) is 4.30. The highest BCUT2D eigenvalue weighted by atomic mass is 35.5. The van der Waals surface area contributed by atoms with Crippen molar-refractivity contribution in [3.8, 4) is 16.9 Å². The lowest BCUT2D eigenvalue weighted by Crippen LogP contribution is -2.04. The largest absolute Gasteiger partial charge is 0.506 e. The van der Waals surface area contributed by atoms with Gasteiger partial charge in [0.25, 0.3) is 0 Å². The molecule has 184 valence electrons. The summed E-state index contributed by atoms with van der Waals surface area (Å²) >= 11 is 11.6. The molecule has 0 radical (unpaired) electrons. The van der Waals surface area contributed by atoms with Gasteiger partial charge in [0.15, 0.2) is 0 Å². The van der Waals surface area contributed by atoms with Crippen molar-refractivity contribution in [2.24, 2.45) is 0 Å². The van der Waals surface area contributed by atoms with E-state index in [0.29, 0.717) is 22.9 Å². The van der Waals surface area contributed by atoms with Crippen LogP contribution in [0.2, 0.25) is 5.02 Å². The number of thiol groups is 1. The van der Waals surface area contributed by atoms with E-state index in [4.69, 9.17) is 22.1 Å². The Morgan fingerprint density at radius 2 is 1.64 bits per heavy atom. The van der Waals surface area contributed by atoms with Crippen LogP contribution in [0.1, 0.15) is 17.3 Å². The van der Waals surface area contributed by atoms with E-state index in [1.54, 1.807) is 54.7 Å². The third kappa shape index (κ3) is 8.02. The molecule has 3 N–H and O–H groups in total. The molecule has 8 heteroatoms. The van der Waals surface area contributed by atoms with Crippen molar-refractivity contribution >= 4 is 57.4 Å². The predicted molar refractivity (Wildman–Crippen MR) is 152 cm³/mol. The molecule has 0 aliphatic heterocycles. The molecule has 0 bridgehead atoms. The zero-order valence-corrected chi connectivity index (χ0v) is 21.9. The number of fused-ring (bicyclic) bond motifs is 1. The van der Waals surface area contributed by atoms with Gasteiger partial charge in [0.05, 0.1) is 27.4 Å². The minimum Gasteiger partial charge on any atom is -0.506 e. The number of aromatic nitrogens is 1. The van der Waals surface area contributed by atoms with Crippen molar-refractivity contribution in [3.05, 3.63) is 108 Å². The fourth-order valence-electron chi connectivity index (χ4n) is 3.01. The first-order valence-corrected chi connectivity index (χ1v) is 12.6. The number of ether oxygens (including phenoxy) is 1. The van der Waals surface area contributed by atoms with Crippen molar-refractivity contribution < 1.29 is 14.6 Å².